The maximum absolute atomic E-state index is 11.2. The summed E-state index contributed by atoms with van der Waals surface area (Å²) >= 11 is 5.43. The second-order valence-corrected chi connectivity index (χ2v) is 5.77. The lowest BCUT2D eigenvalue weighted by Gasteiger charge is -2.03. The molecule has 1 N–H and O–H groups in total. The Bertz CT molecular complexity index is 482. The van der Waals surface area contributed by atoms with Crippen LogP contribution in [0.3, 0.4) is 0 Å². The van der Waals surface area contributed by atoms with Crippen LogP contribution in [0.1, 0.15) is 15.9 Å². The van der Waals surface area contributed by atoms with Gasteiger partial charge in [-0.15, -0.1) is 11.6 Å². The molecule has 0 radical (unpaired) electrons. The minimum atomic E-state index is -3.14. The molecule has 0 heterocycles. The smallest absolute Gasteiger partial charge is 0.208 e. The summed E-state index contributed by atoms with van der Waals surface area (Å²) in [6.07, 6.45) is 1.71. The van der Waals surface area contributed by atoms with Gasteiger partial charge >= 0.3 is 0 Å². The monoisotopic (exact) mass is 275 g/mol. The van der Waals surface area contributed by atoms with Crippen LogP contribution in [0.5, 0.6) is 0 Å². The maximum atomic E-state index is 11.2. The molecule has 17 heavy (non-hydrogen) atoms. The molecule has 0 saturated heterocycles. The molecule has 0 aliphatic carbocycles. The van der Waals surface area contributed by atoms with Crippen molar-refractivity contribution in [3.63, 3.8) is 0 Å². The van der Waals surface area contributed by atoms with E-state index in [2.05, 4.69) is 4.72 Å². The van der Waals surface area contributed by atoms with Gasteiger partial charge < -0.3 is 0 Å². The van der Waals surface area contributed by atoms with Crippen molar-refractivity contribution in [2.45, 2.75) is 6.42 Å². The standard InChI is InChI=1S/C11H14ClNO3S/c1-17(15,16)13-7-6-9-2-4-10(5-3-9)11(14)8-12/h2-5,13H,6-8H2,1H3. The molecule has 1 rings (SSSR count). The summed E-state index contributed by atoms with van der Waals surface area (Å²) in [6, 6.07) is 6.98. The zero-order valence-corrected chi connectivity index (χ0v) is 11.0. The molecule has 0 aromatic heterocycles. The molecule has 94 valence electrons. The number of hydrogen-bond acceptors (Lipinski definition) is 3. The summed E-state index contributed by atoms with van der Waals surface area (Å²) in [6.45, 7) is 0.349. The molecule has 0 amide bonds. The van der Waals surface area contributed by atoms with E-state index in [-0.39, 0.29) is 11.7 Å². The van der Waals surface area contributed by atoms with Gasteiger partial charge in [-0.3, -0.25) is 4.79 Å². The molecule has 0 aliphatic rings. The average molecular weight is 276 g/mol. The molecular weight excluding hydrogens is 262 g/mol. The molecule has 0 saturated carbocycles. The maximum Gasteiger partial charge on any atom is 0.208 e. The van der Waals surface area contributed by atoms with Gasteiger partial charge in [-0.1, -0.05) is 24.3 Å². The normalized spacial score (nSPS) is 11.4. The van der Waals surface area contributed by atoms with E-state index in [1.807, 2.05) is 0 Å². The molecule has 1 aromatic rings. The largest absolute Gasteiger partial charge is 0.293 e. The second-order valence-electron chi connectivity index (χ2n) is 3.67. The molecule has 0 unspecified atom stereocenters. The Labute approximate surface area is 106 Å². The molecule has 0 fully saturated rings. The van der Waals surface area contributed by atoms with Crippen molar-refractivity contribution in [1.29, 1.82) is 0 Å². The summed E-state index contributed by atoms with van der Waals surface area (Å²) in [5.74, 6) is -0.151. The lowest BCUT2D eigenvalue weighted by molar-refractivity contribution is 0.102. The molecule has 0 spiro atoms. The lowest BCUT2D eigenvalue weighted by atomic mass is 10.1. The zero-order valence-electron chi connectivity index (χ0n) is 9.44. The number of rotatable bonds is 6. The Balaban J connectivity index is 2.54. The SMILES string of the molecule is CS(=O)(=O)NCCc1ccc(C(=O)CCl)cc1. The van der Waals surface area contributed by atoms with E-state index in [0.717, 1.165) is 11.8 Å². The van der Waals surface area contributed by atoms with E-state index < -0.39 is 10.0 Å². The number of Topliss-reactive ketones (excluding diaryl/α,β-unsaturated/α-hetero) is 1. The minimum Gasteiger partial charge on any atom is -0.293 e. The first-order valence-electron chi connectivity index (χ1n) is 5.05. The number of hydrogen-bond donors (Lipinski definition) is 1. The third-order valence-corrected chi connectivity index (χ3v) is 3.15. The van der Waals surface area contributed by atoms with Crippen LogP contribution in [0, 0.1) is 0 Å². The fourth-order valence-electron chi connectivity index (χ4n) is 1.32. The highest BCUT2D eigenvalue weighted by Crippen LogP contribution is 2.06. The summed E-state index contributed by atoms with van der Waals surface area (Å²) in [7, 11) is -3.14. The van der Waals surface area contributed by atoms with E-state index in [9.17, 15) is 13.2 Å². The fraction of sp³-hybridized carbons (Fsp3) is 0.364. The number of ketones is 1. The number of benzene rings is 1. The van der Waals surface area contributed by atoms with Crippen LogP contribution in [0.25, 0.3) is 0 Å². The number of nitrogens with one attached hydrogen (secondary N) is 1. The van der Waals surface area contributed by atoms with Gasteiger partial charge in [-0.05, 0) is 12.0 Å². The quantitative estimate of drug-likeness (QED) is 0.627. The molecule has 1 aromatic carbocycles. The number of sulfonamides is 1. The molecule has 6 heteroatoms. The van der Waals surface area contributed by atoms with Crippen LogP contribution in [-0.4, -0.2) is 32.9 Å². The van der Waals surface area contributed by atoms with Crippen LogP contribution in [0.15, 0.2) is 24.3 Å². The fourth-order valence-corrected chi connectivity index (χ4v) is 1.94. The first-order chi connectivity index (χ1) is 7.92. The Morgan fingerprint density at radius 3 is 2.35 bits per heavy atom. The highest BCUT2D eigenvalue weighted by atomic mass is 35.5. The summed E-state index contributed by atoms with van der Waals surface area (Å²) in [4.78, 5) is 11.2. The van der Waals surface area contributed by atoms with Crippen molar-refractivity contribution >= 4 is 27.4 Å². The number of halogens is 1. The van der Waals surface area contributed by atoms with E-state index in [1.165, 1.54) is 0 Å². The molecule has 4 nitrogen and oxygen atoms in total. The highest BCUT2D eigenvalue weighted by molar-refractivity contribution is 7.88. The van der Waals surface area contributed by atoms with E-state index in [1.54, 1.807) is 24.3 Å². The van der Waals surface area contributed by atoms with Crippen molar-refractivity contribution < 1.29 is 13.2 Å². The molecule has 0 aliphatic heterocycles. The Hall–Kier alpha value is -0.910. The van der Waals surface area contributed by atoms with Crippen molar-refractivity contribution in [2.75, 3.05) is 18.7 Å². The van der Waals surface area contributed by atoms with Crippen molar-refractivity contribution in [1.82, 2.24) is 4.72 Å². The van der Waals surface area contributed by atoms with Gasteiger partial charge in [0.1, 0.15) is 0 Å². The van der Waals surface area contributed by atoms with Gasteiger partial charge in [0, 0.05) is 12.1 Å². The Kier molecular flexibility index (Phi) is 5.11. The summed E-state index contributed by atoms with van der Waals surface area (Å²) < 4.78 is 24.1. The van der Waals surface area contributed by atoms with E-state index in [4.69, 9.17) is 11.6 Å². The van der Waals surface area contributed by atoms with Crippen LogP contribution in [-0.2, 0) is 16.4 Å². The van der Waals surface area contributed by atoms with Crippen LogP contribution >= 0.6 is 11.6 Å². The Morgan fingerprint density at radius 2 is 1.88 bits per heavy atom. The zero-order chi connectivity index (χ0) is 12.9. The van der Waals surface area contributed by atoms with Crippen molar-refractivity contribution in [2.24, 2.45) is 0 Å². The molecule has 0 atom stereocenters. The first-order valence-corrected chi connectivity index (χ1v) is 7.48. The van der Waals surface area contributed by atoms with Gasteiger partial charge in [0.25, 0.3) is 0 Å². The van der Waals surface area contributed by atoms with E-state index >= 15 is 0 Å². The van der Waals surface area contributed by atoms with Gasteiger partial charge in [0.05, 0.1) is 12.1 Å². The highest BCUT2D eigenvalue weighted by Gasteiger charge is 2.04. The number of carbonyl (C=O) groups excluding carboxylic acids is 1. The van der Waals surface area contributed by atoms with Gasteiger partial charge in [0.15, 0.2) is 5.78 Å². The van der Waals surface area contributed by atoms with Crippen molar-refractivity contribution in [3.05, 3.63) is 35.4 Å². The first kappa shape index (κ1) is 14.2. The van der Waals surface area contributed by atoms with E-state index in [0.29, 0.717) is 18.5 Å². The predicted molar refractivity (Wildman–Crippen MR) is 68.0 cm³/mol. The lowest BCUT2D eigenvalue weighted by Crippen LogP contribution is -2.24. The van der Waals surface area contributed by atoms with Gasteiger partial charge in [-0.2, -0.15) is 0 Å². The predicted octanol–water partition coefficient (Wildman–Crippen LogP) is 1.20. The van der Waals surface area contributed by atoms with Gasteiger partial charge in [0.2, 0.25) is 10.0 Å². The van der Waals surface area contributed by atoms with Crippen LogP contribution < -0.4 is 4.72 Å². The summed E-state index contributed by atoms with van der Waals surface area (Å²) in [5, 5.41) is 0. The number of carbonyl (C=O) groups is 1. The second kappa shape index (κ2) is 6.14. The van der Waals surface area contributed by atoms with Crippen LogP contribution in [0.4, 0.5) is 0 Å². The molecular formula is C11H14ClNO3S. The van der Waals surface area contributed by atoms with Crippen molar-refractivity contribution in [3.8, 4) is 0 Å². The third-order valence-electron chi connectivity index (χ3n) is 2.18. The number of alkyl halides is 1. The Morgan fingerprint density at radius 1 is 1.29 bits per heavy atom. The van der Waals surface area contributed by atoms with Gasteiger partial charge in [-0.25, -0.2) is 13.1 Å². The average Bonchev–Trinajstić information content (AvgIpc) is 2.27. The topological polar surface area (TPSA) is 63.2 Å². The minimum absolute atomic E-state index is 0.0328. The third kappa shape index (κ3) is 5.30. The van der Waals surface area contributed by atoms with Crippen LogP contribution in [0.2, 0.25) is 0 Å². The summed E-state index contributed by atoms with van der Waals surface area (Å²) in [5.41, 5.74) is 1.53. The molecule has 0 bridgehead atoms.